The summed E-state index contributed by atoms with van der Waals surface area (Å²) in [5.41, 5.74) is 11.6. The summed E-state index contributed by atoms with van der Waals surface area (Å²) in [5.74, 6) is -1.13. The second-order valence-corrected chi connectivity index (χ2v) is 8.55. The number of para-hydroxylation sites is 2. The molecule has 32 heavy (non-hydrogen) atoms. The Morgan fingerprint density at radius 1 is 1.28 bits per heavy atom. The van der Waals surface area contributed by atoms with Crippen molar-refractivity contribution in [2.45, 2.75) is 57.5 Å². The lowest BCUT2D eigenvalue weighted by molar-refractivity contribution is -0.123. The third-order valence-corrected chi connectivity index (χ3v) is 6.45. The molecule has 2 aromatic rings. The predicted molar refractivity (Wildman–Crippen MR) is 124 cm³/mol. The van der Waals surface area contributed by atoms with E-state index in [2.05, 4.69) is 9.69 Å². The van der Waals surface area contributed by atoms with Gasteiger partial charge in [-0.25, -0.2) is 0 Å². The molecule has 1 atom stereocenters. The first-order chi connectivity index (χ1) is 15.4. The third kappa shape index (κ3) is 4.85. The van der Waals surface area contributed by atoms with Crippen molar-refractivity contribution in [3.05, 3.63) is 34.8 Å². The Bertz CT molecular complexity index is 986. The van der Waals surface area contributed by atoms with Crippen LogP contribution in [0, 0.1) is 0 Å². The van der Waals surface area contributed by atoms with Crippen molar-refractivity contribution < 1.29 is 19.1 Å². The number of hydrogen-bond acceptors (Lipinski definition) is 7. The van der Waals surface area contributed by atoms with E-state index in [1.54, 1.807) is 24.3 Å². The van der Waals surface area contributed by atoms with E-state index >= 15 is 0 Å². The highest BCUT2D eigenvalue weighted by atomic mass is 32.1. The molecule has 0 spiro atoms. The van der Waals surface area contributed by atoms with Gasteiger partial charge in [-0.3, -0.25) is 19.3 Å². The van der Waals surface area contributed by atoms with Crippen molar-refractivity contribution in [1.82, 2.24) is 9.69 Å². The molecule has 1 aromatic heterocycles. The number of hydrogen-bond donors (Lipinski definition) is 3. The maximum Gasteiger partial charge on any atom is 0.272 e. The average molecular weight is 460 g/mol. The zero-order valence-electron chi connectivity index (χ0n) is 18.3. The zero-order valence-corrected chi connectivity index (χ0v) is 19.1. The molecule has 5 N–H and O–H groups in total. The summed E-state index contributed by atoms with van der Waals surface area (Å²) in [4.78, 5) is 40.2. The number of nitrogens with two attached hydrogens (primary N) is 2. The second kappa shape index (κ2) is 10.4. The van der Waals surface area contributed by atoms with Gasteiger partial charge in [0.15, 0.2) is 5.69 Å². The molecule has 0 radical (unpaired) electrons. The van der Waals surface area contributed by atoms with Crippen LogP contribution < -0.4 is 26.4 Å². The lowest BCUT2D eigenvalue weighted by Crippen LogP contribution is -2.52. The molecule has 1 fully saturated rings. The molecule has 1 saturated carbocycles. The summed E-state index contributed by atoms with van der Waals surface area (Å²) in [6.07, 6.45) is 5.11. The van der Waals surface area contributed by atoms with E-state index in [4.69, 9.17) is 16.2 Å². The number of rotatable bonds is 9. The molecule has 1 aliphatic carbocycles. The van der Waals surface area contributed by atoms with Gasteiger partial charge >= 0.3 is 0 Å². The fourth-order valence-electron chi connectivity index (χ4n) is 4.00. The number of benzene rings is 1. The summed E-state index contributed by atoms with van der Waals surface area (Å²) < 4.78 is 9.44. The molecule has 1 aliphatic rings. The molecule has 1 heterocycles. The van der Waals surface area contributed by atoms with Crippen molar-refractivity contribution in [1.29, 1.82) is 0 Å². The summed E-state index contributed by atoms with van der Waals surface area (Å²) in [6.45, 7) is 1.95. The first kappa shape index (κ1) is 23.5. The number of nitrogens with one attached hydrogen (secondary N) is 1. The predicted octanol–water partition coefficient (Wildman–Crippen LogP) is 2.71. The van der Waals surface area contributed by atoms with Crippen molar-refractivity contribution in [3.8, 4) is 5.75 Å². The Labute approximate surface area is 191 Å². The van der Waals surface area contributed by atoms with Gasteiger partial charge in [0.1, 0.15) is 16.7 Å². The normalized spacial score (nSPS) is 14.7. The largest absolute Gasteiger partial charge is 0.495 e. The molecule has 172 valence electrons. The monoisotopic (exact) mass is 459 g/mol. The Morgan fingerprint density at radius 3 is 2.56 bits per heavy atom. The van der Waals surface area contributed by atoms with Crippen LogP contribution in [0.1, 0.15) is 65.6 Å². The van der Waals surface area contributed by atoms with Crippen LogP contribution in [0.2, 0.25) is 0 Å². The number of carbonyl (C=O) groups excluding carboxylic acids is 3. The van der Waals surface area contributed by atoms with Crippen LogP contribution in [-0.2, 0) is 4.79 Å². The van der Waals surface area contributed by atoms with Gasteiger partial charge in [0.25, 0.3) is 11.8 Å². The van der Waals surface area contributed by atoms with Gasteiger partial charge in [-0.1, -0.05) is 38.3 Å². The van der Waals surface area contributed by atoms with Crippen LogP contribution in [0.25, 0.3) is 0 Å². The maximum atomic E-state index is 13.8. The lowest BCUT2D eigenvalue weighted by atomic mass is 10.1. The van der Waals surface area contributed by atoms with Crippen LogP contribution in [0.4, 0.5) is 11.4 Å². The molecule has 0 saturated heterocycles. The van der Waals surface area contributed by atoms with Crippen molar-refractivity contribution in [3.63, 3.8) is 0 Å². The SMILES string of the molecule is CCCC(C(=O)NC1CCCC1)N(C(=O)c1snc(C(N)=O)c1N)c1ccccc1OC. The van der Waals surface area contributed by atoms with Crippen molar-refractivity contribution in [2.24, 2.45) is 5.73 Å². The molecular formula is C22H29N5O4S. The molecule has 9 nitrogen and oxygen atoms in total. The van der Waals surface area contributed by atoms with E-state index in [0.717, 1.165) is 37.2 Å². The van der Waals surface area contributed by atoms with E-state index in [9.17, 15) is 14.4 Å². The standard InChI is InChI=1S/C22H29N5O4S/c1-3-8-15(21(29)25-13-9-4-5-10-13)27(14-11-6-7-12-16(14)31-2)22(30)19-17(23)18(20(24)28)26-32-19/h6-7,11-13,15H,3-5,8-10,23H2,1-2H3,(H2,24,28)(H,25,29). The van der Waals surface area contributed by atoms with Crippen LogP contribution in [0.5, 0.6) is 5.75 Å². The van der Waals surface area contributed by atoms with Gasteiger partial charge in [0.05, 0.1) is 18.5 Å². The van der Waals surface area contributed by atoms with E-state index in [1.807, 2.05) is 6.92 Å². The number of ether oxygens (including phenoxy) is 1. The molecule has 0 bridgehead atoms. The van der Waals surface area contributed by atoms with Gasteiger partial charge < -0.3 is 21.5 Å². The highest BCUT2D eigenvalue weighted by Crippen LogP contribution is 2.34. The molecule has 1 aromatic carbocycles. The average Bonchev–Trinajstić information content (AvgIpc) is 3.43. The van der Waals surface area contributed by atoms with Crippen LogP contribution in [0.3, 0.4) is 0 Å². The van der Waals surface area contributed by atoms with E-state index in [-0.39, 0.29) is 28.2 Å². The van der Waals surface area contributed by atoms with Gasteiger partial charge in [0.2, 0.25) is 5.91 Å². The number of carbonyl (C=O) groups is 3. The molecule has 0 aliphatic heterocycles. The lowest BCUT2D eigenvalue weighted by Gasteiger charge is -2.32. The van der Waals surface area contributed by atoms with E-state index in [0.29, 0.717) is 24.3 Å². The maximum absolute atomic E-state index is 13.8. The fourth-order valence-corrected chi connectivity index (χ4v) is 4.75. The highest BCUT2D eigenvalue weighted by Gasteiger charge is 2.36. The Morgan fingerprint density at radius 2 is 1.97 bits per heavy atom. The topological polar surface area (TPSA) is 141 Å². The summed E-state index contributed by atoms with van der Waals surface area (Å²) in [7, 11) is 1.50. The minimum Gasteiger partial charge on any atom is -0.495 e. The molecule has 10 heteroatoms. The third-order valence-electron chi connectivity index (χ3n) is 5.60. The Hall–Kier alpha value is -3.14. The van der Waals surface area contributed by atoms with Gasteiger partial charge in [-0.05, 0) is 42.9 Å². The molecule has 1 unspecified atom stereocenters. The zero-order chi connectivity index (χ0) is 23.3. The smallest absolute Gasteiger partial charge is 0.272 e. The number of nitrogen functional groups attached to an aromatic ring is 1. The Kier molecular flexibility index (Phi) is 7.68. The van der Waals surface area contributed by atoms with Gasteiger partial charge in [0, 0.05) is 6.04 Å². The summed E-state index contributed by atoms with van der Waals surface area (Å²) in [5, 5.41) is 3.10. The number of methoxy groups -OCH3 is 1. The number of amides is 3. The summed E-state index contributed by atoms with van der Waals surface area (Å²) in [6, 6.07) is 6.30. The van der Waals surface area contributed by atoms with Gasteiger partial charge in [-0.15, -0.1) is 0 Å². The van der Waals surface area contributed by atoms with Crippen LogP contribution in [0.15, 0.2) is 24.3 Å². The molecule has 3 amide bonds. The van der Waals surface area contributed by atoms with E-state index in [1.165, 1.54) is 12.0 Å². The second-order valence-electron chi connectivity index (χ2n) is 7.78. The molecule has 3 rings (SSSR count). The van der Waals surface area contributed by atoms with Crippen molar-refractivity contribution in [2.75, 3.05) is 17.7 Å². The first-order valence-electron chi connectivity index (χ1n) is 10.7. The number of nitrogens with zero attached hydrogens (tertiary/aromatic N) is 2. The van der Waals surface area contributed by atoms with Crippen LogP contribution >= 0.6 is 11.5 Å². The first-order valence-corrected chi connectivity index (χ1v) is 11.5. The fraction of sp³-hybridized carbons (Fsp3) is 0.455. The minimum atomic E-state index is -0.814. The summed E-state index contributed by atoms with van der Waals surface area (Å²) >= 11 is 0.790. The van der Waals surface area contributed by atoms with Crippen LogP contribution in [-0.4, -0.2) is 41.3 Å². The minimum absolute atomic E-state index is 0.0551. The van der Waals surface area contributed by atoms with E-state index < -0.39 is 17.9 Å². The number of anilines is 2. The number of primary amides is 1. The quantitative estimate of drug-likeness (QED) is 0.526. The van der Waals surface area contributed by atoms with Gasteiger partial charge in [-0.2, -0.15) is 4.37 Å². The Balaban J connectivity index is 2.07. The number of aromatic nitrogens is 1. The van der Waals surface area contributed by atoms with Crippen molar-refractivity contribution >= 4 is 40.6 Å². The highest BCUT2D eigenvalue weighted by molar-refractivity contribution is 7.09. The molecular weight excluding hydrogens is 430 g/mol.